The maximum absolute atomic E-state index is 14.3. The van der Waals surface area contributed by atoms with Gasteiger partial charge in [0.1, 0.15) is 22.8 Å². The van der Waals surface area contributed by atoms with Crippen LogP contribution >= 0.6 is 11.6 Å². The van der Waals surface area contributed by atoms with Crippen LogP contribution in [0.4, 0.5) is 4.39 Å². The molecule has 140 valence electrons. The fraction of sp³-hybridized carbons (Fsp3) is 0.238. The van der Waals surface area contributed by atoms with Crippen molar-refractivity contribution in [3.8, 4) is 11.3 Å². The Morgan fingerprint density at radius 1 is 1.22 bits per heavy atom. The van der Waals surface area contributed by atoms with Crippen molar-refractivity contribution in [1.29, 1.82) is 0 Å². The van der Waals surface area contributed by atoms with Crippen molar-refractivity contribution in [3.05, 3.63) is 75.8 Å². The van der Waals surface area contributed by atoms with E-state index < -0.39 is 5.82 Å². The Balaban J connectivity index is 1.96. The van der Waals surface area contributed by atoms with Gasteiger partial charge < -0.3 is 9.84 Å². The van der Waals surface area contributed by atoms with Crippen LogP contribution in [0, 0.1) is 19.7 Å². The van der Waals surface area contributed by atoms with E-state index >= 15 is 0 Å². The maximum Gasteiger partial charge on any atom is 0.257 e. The predicted octanol–water partition coefficient (Wildman–Crippen LogP) is 5.63. The van der Waals surface area contributed by atoms with Crippen molar-refractivity contribution in [2.45, 2.75) is 33.2 Å². The second-order valence-electron chi connectivity index (χ2n) is 6.40. The van der Waals surface area contributed by atoms with Gasteiger partial charge in [-0.25, -0.2) is 4.39 Å². The zero-order chi connectivity index (χ0) is 19.6. The molecule has 0 radical (unpaired) electrons. The van der Waals surface area contributed by atoms with Crippen LogP contribution in [-0.4, -0.2) is 11.1 Å². The highest BCUT2D eigenvalue weighted by atomic mass is 35.5. The molecule has 1 N–H and O–H groups in total. The van der Waals surface area contributed by atoms with Crippen LogP contribution in [-0.2, 0) is 0 Å². The van der Waals surface area contributed by atoms with Gasteiger partial charge in [-0.05, 0) is 38.0 Å². The summed E-state index contributed by atoms with van der Waals surface area (Å²) in [6, 6.07) is 12.1. The van der Waals surface area contributed by atoms with Crippen LogP contribution in [0.1, 0.15) is 46.6 Å². The van der Waals surface area contributed by atoms with E-state index in [4.69, 9.17) is 16.1 Å². The van der Waals surface area contributed by atoms with Crippen LogP contribution in [0.2, 0.25) is 5.02 Å². The maximum atomic E-state index is 14.3. The van der Waals surface area contributed by atoms with Crippen LogP contribution in [0.25, 0.3) is 11.3 Å². The average Bonchev–Trinajstić information content (AvgIpc) is 3.01. The first-order valence-corrected chi connectivity index (χ1v) is 9.08. The number of carbonyl (C=O) groups excluding carboxylic acids is 1. The number of benzene rings is 2. The number of hydrogen-bond acceptors (Lipinski definition) is 3. The Hall–Kier alpha value is -2.66. The van der Waals surface area contributed by atoms with E-state index in [0.717, 1.165) is 11.1 Å². The van der Waals surface area contributed by atoms with Gasteiger partial charge in [0.05, 0.1) is 16.6 Å². The van der Waals surface area contributed by atoms with E-state index in [-0.39, 0.29) is 33.8 Å². The monoisotopic (exact) mass is 386 g/mol. The number of halogens is 2. The third-order valence-corrected chi connectivity index (χ3v) is 4.80. The molecule has 3 rings (SSSR count). The number of hydrogen-bond donors (Lipinski definition) is 1. The molecule has 1 atom stereocenters. The Morgan fingerprint density at radius 2 is 1.93 bits per heavy atom. The van der Waals surface area contributed by atoms with Gasteiger partial charge in [0.15, 0.2) is 0 Å². The van der Waals surface area contributed by atoms with Gasteiger partial charge in [0, 0.05) is 0 Å². The lowest BCUT2D eigenvalue weighted by molar-refractivity contribution is 0.0934. The zero-order valence-corrected chi connectivity index (χ0v) is 16.1. The molecular formula is C21H20ClFN2O2. The number of nitrogens with zero attached hydrogens (tertiary/aromatic N) is 1. The molecule has 0 spiro atoms. The minimum atomic E-state index is -0.560. The van der Waals surface area contributed by atoms with Crippen molar-refractivity contribution < 1.29 is 13.7 Å². The molecule has 0 aliphatic heterocycles. The van der Waals surface area contributed by atoms with Crippen LogP contribution in [0.5, 0.6) is 0 Å². The summed E-state index contributed by atoms with van der Waals surface area (Å²) in [5.74, 6) is -0.633. The highest BCUT2D eigenvalue weighted by Crippen LogP contribution is 2.33. The lowest BCUT2D eigenvalue weighted by Gasteiger charge is -2.18. The molecule has 27 heavy (non-hydrogen) atoms. The molecule has 4 nitrogen and oxygen atoms in total. The summed E-state index contributed by atoms with van der Waals surface area (Å²) in [5, 5.41) is 7.05. The summed E-state index contributed by atoms with van der Waals surface area (Å²) >= 11 is 6.14. The minimum Gasteiger partial charge on any atom is -0.360 e. The van der Waals surface area contributed by atoms with Crippen molar-refractivity contribution in [2.24, 2.45) is 0 Å². The summed E-state index contributed by atoms with van der Waals surface area (Å²) in [6.07, 6.45) is 0.703. The fourth-order valence-electron chi connectivity index (χ4n) is 2.98. The smallest absolute Gasteiger partial charge is 0.257 e. The third kappa shape index (κ3) is 3.88. The molecule has 0 aliphatic rings. The first-order valence-electron chi connectivity index (χ1n) is 8.70. The van der Waals surface area contributed by atoms with Gasteiger partial charge in [0.2, 0.25) is 0 Å². The zero-order valence-electron chi connectivity index (χ0n) is 15.3. The molecule has 0 unspecified atom stereocenters. The second kappa shape index (κ2) is 7.92. The molecule has 0 saturated carbocycles. The molecule has 0 aliphatic carbocycles. The topological polar surface area (TPSA) is 55.1 Å². The molecule has 3 aromatic rings. The molecule has 0 saturated heterocycles. The number of rotatable bonds is 5. The van der Waals surface area contributed by atoms with Gasteiger partial charge >= 0.3 is 0 Å². The number of nitrogens with one attached hydrogen (secondary N) is 1. The first-order chi connectivity index (χ1) is 12.9. The number of carbonyl (C=O) groups is 1. The van der Waals surface area contributed by atoms with E-state index in [9.17, 15) is 9.18 Å². The molecule has 6 heteroatoms. The standard InChI is InChI=1S/C21H20ClFN2O2/c1-4-17(14-10-8-12(2)9-11-14)24-21(26)18-13(3)27-25-20(18)19-15(22)6-5-7-16(19)23/h5-11,17H,4H2,1-3H3,(H,24,26)/t17-/m0/s1. The van der Waals surface area contributed by atoms with Crippen molar-refractivity contribution in [2.75, 3.05) is 0 Å². The SMILES string of the molecule is CC[C@H](NC(=O)c1c(-c2c(F)cccc2Cl)noc1C)c1ccc(C)cc1. The Kier molecular flexibility index (Phi) is 5.61. The van der Waals surface area contributed by atoms with Gasteiger partial charge in [0.25, 0.3) is 5.91 Å². The van der Waals surface area contributed by atoms with Gasteiger partial charge in [-0.3, -0.25) is 4.79 Å². The summed E-state index contributed by atoms with van der Waals surface area (Å²) in [4.78, 5) is 13.0. The average molecular weight is 387 g/mol. The fourth-order valence-corrected chi connectivity index (χ4v) is 3.24. The molecule has 0 fully saturated rings. The van der Waals surface area contributed by atoms with Crippen LogP contribution < -0.4 is 5.32 Å². The minimum absolute atomic E-state index is 0.0598. The van der Waals surface area contributed by atoms with Crippen LogP contribution in [0.3, 0.4) is 0 Å². The lowest BCUT2D eigenvalue weighted by atomic mass is 10.0. The highest BCUT2D eigenvalue weighted by molar-refractivity contribution is 6.33. The Bertz CT molecular complexity index is 947. The number of amides is 1. The highest BCUT2D eigenvalue weighted by Gasteiger charge is 2.26. The third-order valence-electron chi connectivity index (χ3n) is 4.48. The summed E-state index contributed by atoms with van der Waals surface area (Å²) in [6.45, 7) is 5.61. The molecule has 2 aromatic carbocycles. The normalized spacial score (nSPS) is 12.0. The van der Waals surface area contributed by atoms with E-state index in [1.807, 2.05) is 38.1 Å². The first kappa shape index (κ1) is 19.1. The molecule has 0 bridgehead atoms. The number of aromatic nitrogens is 1. The quantitative estimate of drug-likeness (QED) is 0.618. The van der Waals surface area contributed by atoms with Gasteiger partial charge in [-0.15, -0.1) is 0 Å². The van der Waals surface area contributed by atoms with E-state index in [1.54, 1.807) is 13.0 Å². The van der Waals surface area contributed by atoms with E-state index in [1.165, 1.54) is 12.1 Å². The molecule has 1 heterocycles. The Labute approximate surface area is 162 Å². The molecule has 1 amide bonds. The summed E-state index contributed by atoms with van der Waals surface area (Å²) in [5.41, 5.74) is 2.49. The second-order valence-corrected chi connectivity index (χ2v) is 6.81. The van der Waals surface area contributed by atoms with Crippen LogP contribution in [0.15, 0.2) is 47.0 Å². The molecule has 1 aromatic heterocycles. The van der Waals surface area contributed by atoms with Gasteiger partial charge in [-0.2, -0.15) is 0 Å². The molecular weight excluding hydrogens is 367 g/mol. The van der Waals surface area contributed by atoms with E-state index in [2.05, 4.69) is 10.5 Å². The van der Waals surface area contributed by atoms with Gasteiger partial charge in [-0.1, -0.05) is 59.6 Å². The summed E-state index contributed by atoms with van der Waals surface area (Å²) < 4.78 is 19.5. The van der Waals surface area contributed by atoms with Crippen molar-refractivity contribution >= 4 is 17.5 Å². The predicted molar refractivity (Wildman–Crippen MR) is 103 cm³/mol. The Morgan fingerprint density at radius 3 is 2.56 bits per heavy atom. The van der Waals surface area contributed by atoms with E-state index in [0.29, 0.717) is 12.2 Å². The lowest BCUT2D eigenvalue weighted by Crippen LogP contribution is -2.28. The van der Waals surface area contributed by atoms with Crippen molar-refractivity contribution in [1.82, 2.24) is 10.5 Å². The largest absolute Gasteiger partial charge is 0.360 e. The van der Waals surface area contributed by atoms with Crippen molar-refractivity contribution in [3.63, 3.8) is 0 Å². The summed E-state index contributed by atoms with van der Waals surface area (Å²) in [7, 11) is 0. The number of aryl methyl sites for hydroxylation is 2.